The second kappa shape index (κ2) is 14.8. The molecule has 52 heavy (non-hydrogen) atoms. The SMILES string of the molecule is Cn1ncc(Cl)c1-c1cc(C(=O)N[C@@H](Cc2cccc(F)c2)CN2CCN(Cc3ccc4c(c3)C(=O)N(N3CCC(=O)NC3=O)C4=O)CC2)sc1Cl. The average molecular weight is 768 g/mol. The fraction of sp³-hybridized carbons (Fsp3) is 0.314. The number of fused-ring (bicyclic) bond motifs is 1. The molecule has 2 saturated heterocycles. The average Bonchev–Trinajstić information content (AvgIpc) is 3.73. The van der Waals surface area contributed by atoms with Gasteiger partial charge in [0.2, 0.25) is 5.91 Å². The van der Waals surface area contributed by atoms with Crippen molar-refractivity contribution >= 4 is 64.2 Å². The van der Waals surface area contributed by atoms with Gasteiger partial charge in [-0.3, -0.25) is 39.0 Å². The first-order valence-electron chi connectivity index (χ1n) is 16.6. The molecule has 13 nitrogen and oxygen atoms in total. The summed E-state index contributed by atoms with van der Waals surface area (Å²) in [7, 11) is 1.75. The van der Waals surface area contributed by atoms with E-state index in [1.54, 1.807) is 42.1 Å². The van der Waals surface area contributed by atoms with E-state index in [1.807, 2.05) is 6.07 Å². The fourth-order valence-corrected chi connectivity index (χ4v) is 8.21. The van der Waals surface area contributed by atoms with Crippen LogP contribution in [0.3, 0.4) is 0 Å². The molecule has 270 valence electrons. The van der Waals surface area contributed by atoms with E-state index in [0.717, 1.165) is 32.5 Å². The number of nitrogens with zero attached hydrogens (tertiary/aromatic N) is 6. The van der Waals surface area contributed by atoms with Crippen LogP contribution in [0.15, 0.2) is 54.7 Å². The summed E-state index contributed by atoms with van der Waals surface area (Å²) in [6, 6.07) is 12.0. The Labute approximate surface area is 311 Å². The lowest BCUT2D eigenvalue weighted by atomic mass is 10.0. The quantitative estimate of drug-likeness (QED) is 0.229. The predicted molar refractivity (Wildman–Crippen MR) is 191 cm³/mol. The topological polar surface area (TPSA) is 140 Å². The summed E-state index contributed by atoms with van der Waals surface area (Å²) in [5.74, 6) is -2.32. The number of rotatable bonds is 10. The van der Waals surface area contributed by atoms with Crippen LogP contribution in [-0.4, -0.2) is 105 Å². The minimum absolute atomic E-state index is 0.0128. The molecular formula is C35H33Cl2FN8O5S. The van der Waals surface area contributed by atoms with Gasteiger partial charge in [0.05, 0.1) is 39.5 Å². The molecule has 0 saturated carbocycles. The van der Waals surface area contributed by atoms with Crippen molar-refractivity contribution in [2.24, 2.45) is 7.05 Å². The number of carbonyl (C=O) groups excluding carboxylic acids is 5. The summed E-state index contributed by atoms with van der Waals surface area (Å²) in [6.45, 7) is 3.79. The van der Waals surface area contributed by atoms with Crippen LogP contribution in [-0.2, 0) is 24.8 Å². The van der Waals surface area contributed by atoms with Crippen molar-refractivity contribution in [2.45, 2.75) is 25.4 Å². The van der Waals surface area contributed by atoms with E-state index < -0.39 is 23.8 Å². The van der Waals surface area contributed by atoms with Gasteiger partial charge in [-0.05, 0) is 47.9 Å². The number of benzene rings is 2. The number of piperazine rings is 1. The van der Waals surface area contributed by atoms with Crippen LogP contribution in [0.1, 0.15) is 47.9 Å². The van der Waals surface area contributed by atoms with Crippen molar-refractivity contribution in [3.05, 3.63) is 97.0 Å². The van der Waals surface area contributed by atoms with Gasteiger partial charge in [0.15, 0.2) is 0 Å². The second-order valence-corrected chi connectivity index (χ2v) is 14.9. The van der Waals surface area contributed by atoms with Crippen molar-refractivity contribution in [2.75, 3.05) is 39.3 Å². The number of hydrogen-bond donors (Lipinski definition) is 2. The summed E-state index contributed by atoms with van der Waals surface area (Å²) in [5, 5.41) is 11.7. The van der Waals surface area contributed by atoms with Crippen LogP contribution in [0.4, 0.5) is 9.18 Å². The number of imide groups is 2. The molecule has 2 aromatic heterocycles. The van der Waals surface area contributed by atoms with Crippen LogP contribution in [0, 0.1) is 5.82 Å². The largest absolute Gasteiger partial charge is 0.347 e. The summed E-state index contributed by atoms with van der Waals surface area (Å²) >= 11 is 14.0. The second-order valence-electron chi connectivity index (χ2n) is 12.9. The molecule has 0 bridgehead atoms. The van der Waals surface area contributed by atoms with Gasteiger partial charge in [-0.1, -0.05) is 41.4 Å². The number of hydrazine groups is 1. The van der Waals surface area contributed by atoms with Gasteiger partial charge in [0.1, 0.15) is 10.2 Å². The molecule has 0 unspecified atom stereocenters. The van der Waals surface area contributed by atoms with E-state index in [4.69, 9.17) is 23.2 Å². The highest BCUT2D eigenvalue weighted by Crippen LogP contribution is 2.38. The van der Waals surface area contributed by atoms with Crippen LogP contribution in [0.2, 0.25) is 9.36 Å². The number of nitrogens with one attached hydrogen (secondary N) is 2. The number of hydrogen-bond acceptors (Lipinski definition) is 9. The number of thiophene rings is 1. The van der Waals surface area contributed by atoms with Crippen molar-refractivity contribution < 1.29 is 28.4 Å². The number of amides is 6. The third kappa shape index (κ3) is 7.32. The number of aromatic nitrogens is 2. The molecule has 0 aliphatic carbocycles. The highest BCUT2D eigenvalue weighted by atomic mass is 35.5. The van der Waals surface area contributed by atoms with Gasteiger partial charge < -0.3 is 5.32 Å². The van der Waals surface area contributed by atoms with Gasteiger partial charge in [-0.2, -0.15) is 10.1 Å². The molecule has 7 rings (SSSR count). The fourth-order valence-electron chi connectivity index (χ4n) is 6.76. The first-order chi connectivity index (χ1) is 24.9. The minimum atomic E-state index is -0.808. The number of aryl methyl sites for hydroxylation is 1. The zero-order valence-corrected chi connectivity index (χ0v) is 30.2. The summed E-state index contributed by atoms with van der Waals surface area (Å²) in [4.78, 5) is 68.7. The zero-order valence-electron chi connectivity index (χ0n) is 27.9. The smallest absolute Gasteiger partial charge is 0.343 e. The Hall–Kier alpha value is -4.67. The van der Waals surface area contributed by atoms with Gasteiger partial charge in [-0.25, -0.2) is 14.2 Å². The maximum absolute atomic E-state index is 14.1. The Kier molecular flexibility index (Phi) is 10.1. The van der Waals surface area contributed by atoms with Crippen molar-refractivity contribution in [1.29, 1.82) is 0 Å². The standard InChI is InChI=1S/C35H33Cl2FN8O5S/c1-42-30(27(36)17-39-42)26-16-28(52-31(26)37)32(48)40-23(14-20-3-2-4-22(38)13-20)19-44-11-9-43(10-12-44)18-21-5-6-24-25(15-21)34(50)46(33(24)49)45-8-7-29(47)41-35(45)51/h2-6,13,15-17,23H,7-12,14,18-19H2,1H3,(H,40,48)(H,41,47,51)/t23-/m0/s1. The third-order valence-electron chi connectivity index (χ3n) is 9.32. The Balaban J connectivity index is 0.990. The number of halogens is 3. The molecule has 2 N–H and O–H groups in total. The number of urea groups is 1. The van der Waals surface area contributed by atoms with Crippen LogP contribution < -0.4 is 10.6 Å². The van der Waals surface area contributed by atoms with Gasteiger partial charge in [0, 0.05) is 64.3 Å². The van der Waals surface area contributed by atoms with E-state index in [2.05, 4.69) is 25.5 Å². The van der Waals surface area contributed by atoms with E-state index in [9.17, 15) is 28.4 Å². The molecule has 2 fully saturated rings. The highest BCUT2D eigenvalue weighted by molar-refractivity contribution is 7.18. The zero-order chi connectivity index (χ0) is 36.7. The number of carbonyl (C=O) groups is 5. The molecule has 2 aromatic carbocycles. The first kappa shape index (κ1) is 35.7. The molecule has 1 atom stereocenters. The van der Waals surface area contributed by atoms with Gasteiger partial charge in [-0.15, -0.1) is 11.3 Å². The van der Waals surface area contributed by atoms with Crippen LogP contribution in [0.5, 0.6) is 0 Å². The molecule has 4 aromatic rings. The Morgan fingerprint density at radius 2 is 1.69 bits per heavy atom. The third-order valence-corrected chi connectivity index (χ3v) is 11.0. The molecule has 0 spiro atoms. The summed E-state index contributed by atoms with van der Waals surface area (Å²) in [5.41, 5.74) is 3.24. The Bertz CT molecular complexity index is 2080. The first-order valence-corrected chi connectivity index (χ1v) is 18.1. The van der Waals surface area contributed by atoms with Crippen molar-refractivity contribution in [3.63, 3.8) is 0 Å². The van der Waals surface area contributed by atoms with Crippen molar-refractivity contribution in [3.8, 4) is 11.3 Å². The van der Waals surface area contributed by atoms with E-state index >= 15 is 0 Å². The predicted octanol–water partition coefficient (Wildman–Crippen LogP) is 4.21. The van der Waals surface area contributed by atoms with Gasteiger partial charge in [0.25, 0.3) is 17.7 Å². The normalized spacial score (nSPS) is 17.5. The Morgan fingerprint density at radius 1 is 0.942 bits per heavy atom. The molecule has 3 aliphatic heterocycles. The Morgan fingerprint density at radius 3 is 2.40 bits per heavy atom. The minimum Gasteiger partial charge on any atom is -0.347 e. The maximum Gasteiger partial charge on any atom is 0.343 e. The maximum atomic E-state index is 14.1. The van der Waals surface area contributed by atoms with Gasteiger partial charge >= 0.3 is 6.03 Å². The molecule has 6 amide bonds. The van der Waals surface area contributed by atoms with Crippen LogP contribution >= 0.6 is 34.5 Å². The summed E-state index contributed by atoms with van der Waals surface area (Å²) < 4.78 is 16.1. The van der Waals surface area contributed by atoms with Crippen LogP contribution in [0.25, 0.3) is 11.3 Å². The van der Waals surface area contributed by atoms with E-state index in [1.165, 1.54) is 18.3 Å². The molecule has 5 heterocycles. The van der Waals surface area contributed by atoms with E-state index in [0.29, 0.717) is 71.2 Å². The molecule has 3 aliphatic rings. The monoisotopic (exact) mass is 766 g/mol. The molecule has 0 radical (unpaired) electrons. The lowest BCUT2D eigenvalue weighted by molar-refractivity contribution is -0.122. The highest BCUT2D eigenvalue weighted by Gasteiger charge is 2.43. The molecule has 17 heteroatoms. The van der Waals surface area contributed by atoms with E-state index in [-0.39, 0.29) is 41.9 Å². The molecular weight excluding hydrogens is 734 g/mol. The summed E-state index contributed by atoms with van der Waals surface area (Å²) in [6.07, 6.45) is 1.92. The lowest BCUT2D eigenvalue weighted by Crippen LogP contribution is -2.58. The van der Waals surface area contributed by atoms with Crippen molar-refractivity contribution in [1.82, 2.24) is 40.2 Å². The lowest BCUT2D eigenvalue weighted by Gasteiger charge is -2.36.